The number of anilines is 1. The smallest absolute Gasteiger partial charge is 0.256 e. The van der Waals surface area contributed by atoms with Crippen LogP contribution in [0.15, 0.2) is 18.2 Å². The van der Waals surface area contributed by atoms with Gasteiger partial charge in [0.15, 0.2) is 0 Å². The summed E-state index contributed by atoms with van der Waals surface area (Å²) in [7, 11) is 1.56. The lowest BCUT2D eigenvalue weighted by molar-refractivity contribution is 0.0764. The van der Waals surface area contributed by atoms with E-state index < -0.39 is 17.8 Å². The van der Waals surface area contributed by atoms with Crippen LogP contribution in [0.2, 0.25) is 0 Å². The number of nitrogens with two attached hydrogens (primary N) is 1. The Hall–Kier alpha value is -1.62. The van der Waals surface area contributed by atoms with Gasteiger partial charge in [-0.15, -0.1) is 0 Å². The molecule has 0 radical (unpaired) electrons. The molecule has 17 heavy (non-hydrogen) atoms. The highest BCUT2D eigenvalue weighted by molar-refractivity contribution is 5.95. The molecule has 0 aliphatic rings. The van der Waals surface area contributed by atoms with Gasteiger partial charge >= 0.3 is 0 Å². The maximum Gasteiger partial charge on any atom is 0.256 e. The molecule has 1 unspecified atom stereocenters. The summed E-state index contributed by atoms with van der Waals surface area (Å²) < 4.78 is 13.4. The molecular formula is C12H17FN2O2. The highest BCUT2D eigenvalue weighted by atomic mass is 19.1. The van der Waals surface area contributed by atoms with Crippen LogP contribution in [-0.4, -0.2) is 35.6 Å². The largest absolute Gasteiger partial charge is 0.399 e. The number of aliphatic hydroxyl groups is 1. The first-order valence-electron chi connectivity index (χ1n) is 5.40. The molecule has 5 heteroatoms. The summed E-state index contributed by atoms with van der Waals surface area (Å²) in [4.78, 5) is 13.2. The SMILES string of the molecule is CC(O)CCN(C)C(=O)c1cc(N)ccc1F. The van der Waals surface area contributed by atoms with Crippen molar-refractivity contribution in [1.82, 2.24) is 4.90 Å². The van der Waals surface area contributed by atoms with Crippen molar-refractivity contribution in [1.29, 1.82) is 0 Å². The van der Waals surface area contributed by atoms with Gasteiger partial charge in [-0.1, -0.05) is 0 Å². The van der Waals surface area contributed by atoms with Crippen molar-refractivity contribution in [2.75, 3.05) is 19.3 Å². The number of carbonyl (C=O) groups is 1. The number of nitrogens with zero attached hydrogens (tertiary/aromatic N) is 1. The molecule has 1 aromatic rings. The van der Waals surface area contributed by atoms with Crippen molar-refractivity contribution < 1.29 is 14.3 Å². The standard InChI is InChI=1S/C12H17FN2O2/c1-8(16)5-6-15(2)12(17)10-7-9(14)3-4-11(10)13/h3-4,7-8,16H,5-6,14H2,1-2H3. The molecule has 3 N–H and O–H groups in total. The quantitative estimate of drug-likeness (QED) is 0.778. The van der Waals surface area contributed by atoms with E-state index >= 15 is 0 Å². The van der Waals surface area contributed by atoms with Crippen molar-refractivity contribution in [3.05, 3.63) is 29.6 Å². The maximum absolute atomic E-state index is 13.4. The normalized spacial score (nSPS) is 12.2. The van der Waals surface area contributed by atoms with Crippen LogP contribution in [-0.2, 0) is 0 Å². The summed E-state index contributed by atoms with van der Waals surface area (Å²) in [6, 6.07) is 3.89. The van der Waals surface area contributed by atoms with Gasteiger partial charge in [-0.05, 0) is 31.5 Å². The highest BCUT2D eigenvalue weighted by Gasteiger charge is 2.16. The van der Waals surface area contributed by atoms with Crippen LogP contribution in [0.25, 0.3) is 0 Å². The van der Waals surface area contributed by atoms with Gasteiger partial charge in [-0.3, -0.25) is 4.79 Å². The Morgan fingerprint density at radius 3 is 2.82 bits per heavy atom. The van der Waals surface area contributed by atoms with Gasteiger partial charge in [-0.2, -0.15) is 0 Å². The zero-order valence-corrected chi connectivity index (χ0v) is 9.98. The number of halogens is 1. The minimum atomic E-state index is -0.590. The van der Waals surface area contributed by atoms with Crippen LogP contribution in [0.4, 0.5) is 10.1 Å². The summed E-state index contributed by atoms with van der Waals surface area (Å²) in [5, 5.41) is 9.12. The third kappa shape index (κ3) is 3.71. The fourth-order valence-corrected chi connectivity index (χ4v) is 1.39. The summed E-state index contributed by atoms with van der Waals surface area (Å²) in [5.41, 5.74) is 5.81. The highest BCUT2D eigenvalue weighted by Crippen LogP contribution is 2.14. The lowest BCUT2D eigenvalue weighted by Crippen LogP contribution is -2.30. The molecule has 0 saturated carbocycles. The Balaban J connectivity index is 2.78. The zero-order chi connectivity index (χ0) is 13.0. The maximum atomic E-state index is 13.4. The fourth-order valence-electron chi connectivity index (χ4n) is 1.39. The Morgan fingerprint density at radius 1 is 1.59 bits per heavy atom. The second-order valence-corrected chi connectivity index (χ2v) is 4.10. The minimum Gasteiger partial charge on any atom is -0.399 e. The van der Waals surface area contributed by atoms with Crippen molar-refractivity contribution in [3.8, 4) is 0 Å². The monoisotopic (exact) mass is 240 g/mol. The van der Waals surface area contributed by atoms with Gasteiger partial charge in [0, 0.05) is 19.3 Å². The second kappa shape index (κ2) is 5.63. The van der Waals surface area contributed by atoms with E-state index in [1.165, 1.54) is 23.1 Å². The van der Waals surface area contributed by atoms with Gasteiger partial charge < -0.3 is 15.7 Å². The Bertz CT molecular complexity index is 407. The van der Waals surface area contributed by atoms with Crippen molar-refractivity contribution in [3.63, 3.8) is 0 Å². The van der Waals surface area contributed by atoms with Crippen LogP contribution in [0.5, 0.6) is 0 Å². The molecule has 0 heterocycles. The van der Waals surface area contributed by atoms with Gasteiger partial charge in [-0.25, -0.2) is 4.39 Å². The fraction of sp³-hybridized carbons (Fsp3) is 0.417. The van der Waals surface area contributed by atoms with Crippen LogP contribution in [0.1, 0.15) is 23.7 Å². The third-order valence-corrected chi connectivity index (χ3v) is 2.45. The molecule has 1 rings (SSSR count). The van der Waals surface area contributed by atoms with Gasteiger partial charge in [0.25, 0.3) is 5.91 Å². The number of hydrogen-bond acceptors (Lipinski definition) is 3. The van der Waals surface area contributed by atoms with Gasteiger partial charge in [0.2, 0.25) is 0 Å². The van der Waals surface area contributed by atoms with Gasteiger partial charge in [0.05, 0.1) is 11.7 Å². The number of amides is 1. The van der Waals surface area contributed by atoms with Crippen LogP contribution >= 0.6 is 0 Å². The van der Waals surface area contributed by atoms with E-state index in [4.69, 9.17) is 10.8 Å². The van der Waals surface area contributed by atoms with Crippen LogP contribution in [0, 0.1) is 5.82 Å². The molecular weight excluding hydrogens is 223 g/mol. The van der Waals surface area contributed by atoms with Crippen molar-refractivity contribution in [2.45, 2.75) is 19.4 Å². The number of aliphatic hydroxyl groups excluding tert-OH is 1. The topological polar surface area (TPSA) is 66.6 Å². The lowest BCUT2D eigenvalue weighted by Gasteiger charge is -2.18. The van der Waals surface area contributed by atoms with Gasteiger partial charge in [0.1, 0.15) is 5.82 Å². The number of nitrogen functional groups attached to an aromatic ring is 1. The second-order valence-electron chi connectivity index (χ2n) is 4.10. The van der Waals surface area contributed by atoms with E-state index in [9.17, 15) is 9.18 Å². The molecule has 94 valence electrons. The predicted molar refractivity (Wildman–Crippen MR) is 64.1 cm³/mol. The zero-order valence-electron chi connectivity index (χ0n) is 9.98. The van der Waals surface area contributed by atoms with E-state index in [0.29, 0.717) is 18.7 Å². The molecule has 0 spiro atoms. The Labute approximate surface area is 99.8 Å². The van der Waals surface area contributed by atoms with Crippen molar-refractivity contribution >= 4 is 11.6 Å². The molecule has 1 aromatic carbocycles. The minimum absolute atomic E-state index is 0.0434. The summed E-state index contributed by atoms with van der Waals surface area (Å²) in [6.45, 7) is 2.00. The first-order valence-corrected chi connectivity index (χ1v) is 5.40. The average molecular weight is 240 g/mol. The Morgan fingerprint density at radius 2 is 2.24 bits per heavy atom. The molecule has 1 amide bonds. The number of rotatable bonds is 4. The van der Waals surface area contributed by atoms with E-state index in [2.05, 4.69) is 0 Å². The Kier molecular flexibility index (Phi) is 4.45. The van der Waals surface area contributed by atoms with Crippen LogP contribution < -0.4 is 5.73 Å². The average Bonchev–Trinajstić information content (AvgIpc) is 2.28. The molecule has 0 saturated heterocycles. The number of benzene rings is 1. The third-order valence-electron chi connectivity index (χ3n) is 2.45. The van der Waals surface area contributed by atoms with E-state index in [0.717, 1.165) is 0 Å². The molecule has 0 aromatic heterocycles. The molecule has 0 fully saturated rings. The van der Waals surface area contributed by atoms with E-state index in [-0.39, 0.29) is 5.56 Å². The first-order chi connectivity index (χ1) is 7.91. The predicted octanol–water partition coefficient (Wildman–Crippen LogP) is 1.25. The summed E-state index contributed by atoms with van der Waals surface area (Å²) >= 11 is 0. The molecule has 0 aliphatic heterocycles. The van der Waals surface area contributed by atoms with Crippen LogP contribution in [0.3, 0.4) is 0 Å². The number of hydrogen-bond donors (Lipinski definition) is 2. The van der Waals surface area contributed by atoms with E-state index in [1.807, 2.05) is 0 Å². The lowest BCUT2D eigenvalue weighted by atomic mass is 10.1. The molecule has 0 bridgehead atoms. The summed E-state index contributed by atoms with van der Waals surface area (Å²) in [6.07, 6.45) is -0.0393. The first kappa shape index (κ1) is 13.4. The molecule has 0 aliphatic carbocycles. The summed E-state index contributed by atoms with van der Waals surface area (Å²) in [5.74, 6) is -1.02. The number of carbonyl (C=O) groups excluding carboxylic acids is 1. The molecule has 1 atom stereocenters. The molecule has 4 nitrogen and oxygen atoms in total. The van der Waals surface area contributed by atoms with Crippen molar-refractivity contribution in [2.24, 2.45) is 0 Å². The van der Waals surface area contributed by atoms with E-state index in [1.54, 1.807) is 14.0 Å².